The smallest absolute Gasteiger partial charge is 0.272 e. The van der Waals surface area contributed by atoms with E-state index in [1.165, 1.54) is 18.2 Å². The first-order valence-corrected chi connectivity index (χ1v) is 5.83. The number of carbonyl (C=O) groups excluding carboxylic acids is 1. The SMILES string of the molecule is O=C(Nc1cc(Cl)ccc1F)c1cc(Br)c[nH]1. The summed E-state index contributed by atoms with van der Waals surface area (Å²) in [5.41, 5.74) is 0.379. The summed E-state index contributed by atoms with van der Waals surface area (Å²) in [6, 6.07) is 5.56. The fraction of sp³-hybridized carbons (Fsp3) is 0. The third-order valence-corrected chi connectivity index (χ3v) is 2.76. The van der Waals surface area contributed by atoms with Crippen LogP contribution in [0.5, 0.6) is 0 Å². The van der Waals surface area contributed by atoms with Crippen molar-refractivity contribution < 1.29 is 9.18 Å². The van der Waals surface area contributed by atoms with Gasteiger partial charge < -0.3 is 10.3 Å². The standard InChI is InChI=1S/C11H7BrClFN2O/c12-6-3-10(15-5-6)11(17)16-9-4-7(13)1-2-8(9)14/h1-5,15H,(H,16,17). The molecule has 88 valence electrons. The van der Waals surface area contributed by atoms with Gasteiger partial charge in [-0.15, -0.1) is 0 Å². The zero-order valence-electron chi connectivity index (χ0n) is 8.43. The van der Waals surface area contributed by atoms with Gasteiger partial charge in [0.1, 0.15) is 11.5 Å². The van der Waals surface area contributed by atoms with E-state index in [9.17, 15) is 9.18 Å². The number of carbonyl (C=O) groups is 1. The number of hydrogen-bond acceptors (Lipinski definition) is 1. The van der Waals surface area contributed by atoms with Crippen LogP contribution in [0.4, 0.5) is 10.1 Å². The number of hydrogen-bond donors (Lipinski definition) is 2. The van der Waals surface area contributed by atoms with Crippen molar-refractivity contribution in [3.05, 3.63) is 51.5 Å². The number of halogens is 3. The Morgan fingerprint density at radius 3 is 2.82 bits per heavy atom. The Balaban J connectivity index is 2.21. The van der Waals surface area contributed by atoms with E-state index >= 15 is 0 Å². The van der Waals surface area contributed by atoms with Crippen molar-refractivity contribution >= 4 is 39.1 Å². The molecule has 2 N–H and O–H groups in total. The van der Waals surface area contributed by atoms with Gasteiger partial charge in [-0.2, -0.15) is 0 Å². The Morgan fingerprint density at radius 1 is 1.41 bits per heavy atom. The van der Waals surface area contributed by atoms with E-state index < -0.39 is 11.7 Å². The summed E-state index contributed by atoms with van der Waals surface area (Å²) >= 11 is 8.92. The Bertz CT molecular complexity index is 570. The van der Waals surface area contributed by atoms with Crippen molar-refractivity contribution in [1.29, 1.82) is 0 Å². The molecule has 0 spiro atoms. The first-order chi connectivity index (χ1) is 8.06. The molecule has 1 amide bonds. The number of benzene rings is 1. The van der Waals surface area contributed by atoms with Crippen molar-refractivity contribution in [2.75, 3.05) is 5.32 Å². The molecule has 0 bridgehead atoms. The van der Waals surface area contributed by atoms with Crippen LogP contribution in [0.25, 0.3) is 0 Å². The zero-order valence-corrected chi connectivity index (χ0v) is 10.8. The molecular weight excluding hydrogens is 310 g/mol. The summed E-state index contributed by atoms with van der Waals surface area (Å²) in [4.78, 5) is 14.5. The Morgan fingerprint density at radius 2 is 2.18 bits per heavy atom. The lowest BCUT2D eigenvalue weighted by molar-refractivity contribution is 0.102. The van der Waals surface area contributed by atoms with Gasteiger partial charge in [0.2, 0.25) is 0 Å². The minimum Gasteiger partial charge on any atom is -0.356 e. The topological polar surface area (TPSA) is 44.9 Å². The molecule has 0 aliphatic carbocycles. The van der Waals surface area contributed by atoms with Crippen LogP contribution in [0.3, 0.4) is 0 Å². The molecule has 1 heterocycles. The predicted octanol–water partition coefficient (Wildman–Crippen LogP) is 3.82. The third kappa shape index (κ3) is 2.87. The number of amides is 1. The molecule has 3 nitrogen and oxygen atoms in total. The molecule has 6 heteroatoms. The highest BCUT2D eigenvalue weighted by atomic mass is 79.9. The quantitative estimate of drug-likeness (QED) is 0.869. The van der Waals surface area contributed by atoms with Gasteiger partial charge >= 0.3 is 0 Å². The van der Waals surface area contributed by atoms with Gasteiger partial charge in [0, 0.05) is 15.7 Å². The lowest BCUT2D eigenvalue weighted by Crippen LogP contribution is -2.13. The molecule has 2 rings (SSSR count). The maximum Gasteiger partial charge on any atom is 0.272 e. The van der Waals surface area contributed by atoms with Gasteiger partial charge in [-0.3, -0.25) is 4.79 Å². The number of rotatable bonds is 2. The number of anilines is 1. The Labute approximate surface area is 110 Å². The van der Waals surface area contributed by atoms with E-state index in [1.54, 1.807) is 12.3 Å². The first-order valence-electron chi connectivity index (χ1n) is 4.66. The van der Waals surface area contributed by atoms with Gasteiger partial charge in [-0.05, 0) is 40.2 Å². The molecule has 0 aliphatic heterocycles. The van der Waals surface area contributed by atoms with E-state index in [0.717, 1.165) is 4.47 Å². The van der Waals surface area contributed by atoms with Crippen LogP contribution in [0.1, 0.15) is 10.5 Å². The maximum absolute atomic E-state index is 13.4. The highest BCUT2D eigenvalue weighted by molar-refractivity contribution is 9.10. The van der Waals surface area contributed by atoms with Crippen LogP contribution in [-0.2, 0) is 0 Å². The largest absolute Gasteiger partial charge is 0.356 e. The lowest BCUT2D eigenvalue weighted by atomic mass is 10.3. The molecule has 17 heavy (non-hydrogen) atoms. The van der Waals surface area contributed by atoms with Crippen LogP contribution in [-0.4, -0.2) is 10.9 Å². The van der Waals surface area contributed by atoms with Gasteiger partial charge in [0.25, 0.3) is 5.91 Å². The number of aromatic amines is 1. The molecule has 0 unspecified atom stereocenters. The summed E-state index contributed by atoms with van der Waals surface area (Å²) in [6.45, 7) is 0. The second-order valence-electron chi connectivity index (χ2n) is 3.31. The van der Waals surface area contributed by atoms with E-state index in [1.807, 2.05) is 0 Å². The van der Waals surface area contributed by atoms with E-state index in [0.29, 0.717) is 10.7 Å². The predicted molar refractivity (Wildman–Crippen MR) is 67.9 cm³/mol. The summed E-state index contributed by atoms with van der Waals surface area (Å²) in [5, 5.41) is 2.79. The first kappa shape index (κ1) is 12.1. The summed E-state index contributed by atoms with van der Waals surface area (Å²) in [5.74, 6) is -0.967. The van der Waals surface area contributed by atoms with E-state index in [-0.39, 0.29) is 5.69 Å². The summed E-state index contributed by atoms with van der Waals surface area (Å²) < 4.78 is 14.1. The zero-order chi connectivity index (χ0) is 12.4. The van der Waals surface area contributed by atoms with Crippen LogP contribution in [0.2, 0.25) is 5.02 Å². The average molecular weight is 318 g/mol. The third-order valence-electron chi connectivity index (χ3n) is 2.07. The molecule has 1 aromatic heterocycles. The van der Waals surface area contributed by atoms with Crippen molar-refractivity contribution in [2.45, 2.75) is 0 Å². The molecule has 0 aliphatic rings. The minimum atomic E-state index is -0.534. The van der Waals surface area contributed by atoms with E-state index in [2.05, 4.69) is 26.2 Å². The average Bonchev–Trinajstić information content (AvgIpc) is 2.70. The molecular formula is C11H7BrClFN2O. The van der Waals surface area contributed by atoms with Crippen LogP contribution in [0, 0.1) is 5.82 Å². The molecule has 0 saturated heterocycles. The number of nitrogens with one attached hydrogen (secondary N) is 2. The van der Waals surface area contributed by atoms with Crippen molar-refractivity contribution in [3.63, 3.8) is 0 Å². The molecule has 0 fully saturated rings. The van der Waals surface area contributed by atoms with Crippen LogP contribution >= 0.6 is 27.5 Å². The second-order valence-corrected chi connectivity index (χ2v) is 4.66. The van der Waals surface area contributed by atoms with Gasteiger partial charge in [0.15, 0.2) is 0 Å². The Hall–Kier alpha value is -1.33. The fourth-order valence-electron chi connectivity index (χ4n) is 1.28. The fourth-order valence-corrected chi connectivity index (χ4v) is 1.80. The molecule has 0 saturated carbocycles. The highest BCUT2D eigenvalue weighted by Crippen LogP contribution is 2.20. The monoisotopic (exact) mass is 316 g/mol. The normalized spacial score (nSPS) is 10.3. The molecule has 1 aromatic carbocycles. The summed E-state index contributed by atoms with van der Waals surface area (Å²) in [7, 11) is 0. The molecule has 0 atom stereocenters. The van der Waals surface area contributed by atoms with Crippen LogP contribution in [0.15, 0.2) is 34.9 Å². The van der Waals surface area contributed by atoms with Crippen LogP contribution < -0.4 is 5.32 Å². The van der Waals surface area contributed by atoms with Gasteiger partial charge in [-0.1, -0.05) is 11.6 Å². The van der Waals surface area contributed by atoms with Crippen molar-refractivity contribution in [3.8, 4) is 0 Å². The lowest BCUT2D eigenvalue weighted by Gasteiger charge is -2.05. The molecule has 2 aromatic rings. The van der Waals surface area contributed by atoms with Crippen molar-refractivity contribution in [1.82, 2.24) is 4.98 Å². The van der Waals surface area contributed by atoms with Gasteiger partial charge in [0.05, 0.1) is 5.69 Å². The van der Waals surface area contributed by atoms with E-state index in [4.69, 9.17) is 11.6 Å². The maximum atomic E-state index is 13.4. The number of H-pyrrole nitrogens is 1. The van der Waals surface area contributed by atoms with Gasteiger partial charge in [-0.25, -0.2) is 4.39 Å². The highest BCUT2D eigenvalue weighted by Gasteiger charge is 2.11. The van der Waals surface area contributed by atoms with Crippen molar-refractivity contribution in [2.24, 2.45) is 0 Å². The Kier molecular flexibility index (Phi) is 3.49. The number of aromatic nitrogens is 1. The minimum absolute atomic E-state index is 0.0493. The summed E-state index contributed by atoms with van der Waals surface area (Å²) in [6.07, 6.45) is 1.61. The molecule has 0 radical (unpaired) electrons. The second kappa shape index (κ2) is 4.89.